The number of amides is 2. The fourth-order valence-corrected chi connectivity index (χ4v) is 2.96. The third-order valence-corrected chi connectivity index (χ3v) is 4.48. The summed E-state index contributed by atoms with van der Waals surface area (Å²) in [7, 11) is 0. The van der Waals surface area contributed by atoms with Crippen molar-refractivity contribution < 1.29 is 36.7 Å². The van der Waals surface area contributed by atoms with Crippen molar-refractivity contribution in [2.24, 2.45) is 0 Å². The van der Waals surface area contributed by atoms with Gasteiger partial charge in [-0.15, -0.1) is 0 Å². The van der Waals surface area contributed by atoms with Crippen LogP contribution in [0, 0.1) is 11.6 Å². The van der Waals surface area contributed by atoms with Gasteiger partial charge in [-0.1, -0.05) is 12.6 Å². The van der Waals surface area contributed by atoms with E-state index < -0.39 is 41.5 Å². The zero-order valence-corrected chi connectivity index (χ0v) is 15.6. The molecule has 7 nitrogen and oxygen atoms in total. The maximum absolute atomic E-state index is 14.5. The van der Waals surface area contributed by atoms with Crippen LogP contribution in [0.15, 0.2) is 24.4 Å². The van der Waals surface area contributed by atoms with Crippen LogP contribution in [-0.4, -0.2) is 48.8 Å². The van der Waals surface area contributed by atoms with Crippen LogP contribution in [-0.2, 0) is 14.3 Å². The monoisotopic (exact) mass is 433 g/mol. The Balaban J connectivity index is 1.72. The van der Waals surface area contributed by atoms with E-state index in [1.54, 1.807) is 0 Å². The summed E-state index contributed by atoms with van der Waals surface area (Å²) in [6.07, 6.45) is 0.642. The van der Waals surface area contributed by atoms with Gasteiger partial charge < -0.3 is 15.0 Å². The second-order valence-electron chi connectivity index (χ2n) is 6.35. The van der Waals surface area contributed by atoms with E-state index in [0.717, 1.165) is 17.0 Å². The van der Waals surface area contributed by atoms with Crippen molar-refractivity contribution in [3.63, 3.8) is 0 Å². The van der Waals surface area contributed by atoms with Crippen molar-refractivity contribution in [3.8, 4) is 0 Å². The zero-order valence-electron chi connectivity index (χ0n) is 14.7. The molecule has 0 aromatic heterocycles. The van der Waals surface area contributed by atoms with Gasteiger partial charge in [-0.3, -0.25) is 14.5 Å². The van der Waals surface area contributed by atoms with Gasteiger partial charge in [0.25, 0.3) is 0 Å². The molecule has 156 valence electrons. The highest BCUT2D eigenvalue weighted by Crippen LogP contribution is 2.32. The average molecular weight is 433 g/mol. The minimum absolute atomic E-state index is 0.103. The molecule has 0 spiro atoms. The zero-order chi connectivity index (χ0) is 21.3. The molecule has 12 heteroatoms. The maximum Gasteiger partial charge on any atom is 0.414 e. The summed E-state index contributed by atoms with van der Waals surface area (Å²) in [6.45, 7) is -0.535. The van der Waals surface area contributed by atoms with E-state index in [1.807, 2.05) is 5.32 Å². The topological polar surface area (TPSA) is 79.0 Å². The van der Waals surface area contributed by atoms with Crippen molar-refractivity contribution in [2.75, 3.05) is 29.4 Å². The van der Waals surface area contributed by atoms with Crippen molar-refractivity contribution in [1.29, 1.82) is 0 Å². The molecule has 1 atom stereocenters. The number of ether oxygens (including phenoxy) is 1. The summed E-state index contributed by atoms with van der Waals surface area (Å²) in [6, 6.07) is 1.85. The highest BCUT2D eigenvalue weighted by atomic mass is 32.1. The summed E-state index contributed by atoms with van der Waals surface area (Å²) < 4.78 is 59.4. The molecule has 2 heterocycles. The smallest absolute Gasteiger partial charge is 0.414 e. The third-order valence-electron chi connectivity index (χ3n) is 4.28. The molecule has 0 saturated carbocycles. The van der Waals surface area contributed by atoms with Crippen LogP contribution in [0.1, 0.15) is 6.42 Å². The molecule has 1 saturated heterocycles. The molecule has 1 aromatic carbocycles. The Morgan fingerprint density at radius 2 is 1.93 bits per heavy atom. The Labute approximate surface area is 167 Å². The molecule has 29 heavy (non-hydrogen) atoms. The number of ketones is 1. The Morgan fingerprint density at radius 3 is 2.48 bits per heavy atom. The minimum atomic E-state index is -3.89. The number of rotatable bonds is 5. The van der Waals surface area contributed by atoms with Crippen LogP contribution < -0.4 is 15.1 Å². The summed E-state index contributed by atoms with van der Waals surface area (Å²) in [5.41, 5.74) is -0.510. The second kappa shape index (κ2) is 7.93. The average Bonchev–Trinajstić information content (AvgIpc) is 3.00. The van der Waals surface area contributed by atoms with Crippen LogP contribution in [0.5, 0.6) is 0 Å². The summed E-state index contributed by atoms with van der Waals surface area (Å²) in [5, 5.41) is -2.01. The van der Waals surface area contributed by atoms with Crippen molar-refractivity contribution >= 4 is 41.8 Å². The number of carbonyl (C=O) groups excluding carboxylic acids is 3. The molecule has 0 radical (unpaired) electrons. The fourth-order valence-electron chi connectivity index (χ4n) is 2.88. The van der Waals surface area contributed by atoms with Crippen LogP contribution in [0.2, 0.25) is 0 Å². The summed E-state index contributed by atoms with van der Waals surface area (Å²) in [5.74, 6) is -3.74. The Kier molecular flexibility index (Phi) is 5.73. The number of carbonyl (C=O) groups is 3. The van der Waals surface area contributed by atoms with Gasteiger partial charge in [-0.25, -0.2) is 13.6 Å². The molecular weight excluding hydrogens is 418 g/mol. The number of anilines is 2. The van der Waals surface area contributed by atoms with Crippen molar-refractivity contribution in [3.05, 3.63) is 36.0 Å². The molecule has 2 amide bonds. The number of benzene rings is 1. The largest absolute Gasteiger partial charge is 0.442 e. The number of nitrogens with one attached hydrogen (secondary N) is 1. The highest BCUT2D eigenvalue weighted by Gasteiger charge is 2.37. The second-order valence-corrected chi connectivity index (χ2v) is 6.91. The molecule has 3 rings (SSSR count). The maximum atomic E-state index is 14.5. The lowest BCUT2D eigenvalue weighted by Crippen LogP contribution is -2.41. The van der Waals surface area contributed by atoms with Crippen LogP contribution >= 0.6 is 12.6 Å². The van der Waals surface area contributed by atoms with Gasteiger partial charge in [-0.05, 0) is 6.08 Å². The summed E-state index contributed by atoms with van der Waals surface area (Å²) in [4.78, 5) is 36.5. The number of allylic oxidation sites excluding steroid dienone is 1. The van der Waals surface area contributed by atoms with Gasteiger partial charge in [0.15, 0.2) is 17.4 Å². The van der Waals surface area contributed by atoms with Crippen molar-refractivity contribution in [2.45, 2.75) is 17.8 Å². The van der Waals surface area contributed by atoms with E-state index in [9.17, 15) is 31.9 Å². The van der Waals surface area contributed by atoms with Crippen molar-refractivity contribution in [1.82, 2.24) is 5.32 Å². The standard InChI is InChI=1S/C17H15F4N3O4S/c18-12-5-9(6-13(19)14(12)23-3-1-10(25)2-4-23)24-8-11(28-16(24)27)7-22-15(26)17(20,21)29/h1,3,5-6,11,29H,2,4,7-8H2,(H,22,26). The van der Waals surface area contributed by atoms with Crippen LogP contribution in [0.25, 0.3) is 0 Å². The molecule has 1 N–H and O–H groups in total. The van der Waals surface area contributed by atoms with E-state index in [-0.39, 0.29) is 36.7 Å². The lowest BCUT2D eigenvalue weighted by Gasteiger charge is -2.25. The molecule has 2 aliphatic rings. The van der Waals surface area contributed by atoms with E-state index in [2.05, 4.69) is 12.6 Å². The van der Waals surface area contributed by atoms with E-state index in [0.29, 0.717) is 0 Å². The molecule has 1 aromatic rings. The van der Waals surface area contributed by atoms with E-state index in [1.165, 1.54) is 17.2 Å². The Morgan fingerprint density at radius 1 is 1.28 bits per heavy atom. The lowest BCUT2D eigenvalue weighted by molar-refractivity contribution is -0.135. The Hall–Kier alpha value is -2.76. The number of hydrogen-bond donors (Lipinski definition) is 2. The van der Waals surface area contributed by atoms with E-state index >= 15 is 0 Å². The molecule has 1 fully saturated rings. The quantitative estimate of drug-likeness (QED) is 0.550. The van der Waals surface area contributed by atoms with Gasteiger partial charge in [0.2, 0.25) is 0 Å². The van der Waals surface area contributed by atoms with Gasteiger partial charge >= 0.3 is 17.3 Å². The molecule has 0 bridgehead atoms. The van der Waals surface area contributed by atoms with Gasteiger partial charge in [-0.2, -0.15) is 8.78 Å². The fraction of sp³-hybridized carbons (Fsp3) is 0.353. The Bertz CT molecular complexity index is 867. The number of alkyl halides is 2. The first-order valence-corrected chi connectivity index (χ1v) is 8.84. The van der Waals surface area contributed by atoms with Gasteiger partial charge in [0.1, 0.15) is 11.8 Å². The SMILES string of the molecule is O=C1C=CN(c2c(F)cc(N3CC(CNC(=O)C(F)(F)S)OC3=O)cc2F)CC1. The van der Waals surface area contributed by atoms with Crippen LogP contribution in [0.3, 0.4) is 0 Å². The normalized spacial score (nSPS) is 19.6. The first kappa shape index (κ1) is 21.0. The lowest BCUT2D eigenvalue weighted by atomic mass is 10.1. The van der Waals surface area contributed by atoms with Gasteiger partial charge in [0, 0.05) is 31.3 Å². The minimum Gasteiger partial charge on any atom is -0.442 e. The molecule has 2 aliphatic heterocycles. The first-order valence-electron chi connectivity index (χ1n) is 8.39. The molecule has 0 aliphatic carbocycles. The highest BCUT2D eigenvalue weighted by molar-refractivity contribution is 7.82. The number of hydrogen-bond acceptors (Lipinski definition) is 6. The first-order chi connectivity index (χ1) is 13.6. The van der Waals surface area contributed by atoms with Crippen LogP contribution in [0.4, 0.5) is 33.7 Å². The number of thiol groups is 1. The number of nitrogens with zero attached hydrogens (tertiary/aromatic N) is 2. The third kappa shape index (κ3) is 4.63. The summed E-state index contributed by atoms with van der Waals surface area (Å²) >= 11 is 2.83. The number of halogens is 4. The predicted octanol–water partition coefficient (Wildman–Crippen LogP) is 2.22. The molecular formula is C17H15F4N3O4S. The molecule has 1 unspecified atom stereocenters. The predicted molar refractivity (Wildman–Crippen MR) is 97.0 cm³/mol. The van der Waals surface area contributed by atoms with Gasteiger partial charge in [0.05, 0.1) is 18.8 Å². The number of cyclic esters (lactones) is 1. The van der Waals surface area contributed by atoms with E-state index in [4.69, 9.17) is 4.74 Å².